The van der Waals surface area contributed by atoms with E-state index in [1.54, 1.807) is 0 Å². The molecule has 0 spiro atoms. The van der Waals surface area contributed by atoms with Crippen molar-refractivity contribution in [2.45, 2.75) is 51.1 Å². The number of nitrogens with two attached hydrogens (primary N) is 1. The van der Waals surface area contributed by atoms with Gasteiger partial charge < -0.3 is 5.73 Å². The van der Waals surface area contributed by atoms with Gasteiger partial charge in [0.2, 0.25) is 0 Å². The lowest BCUT2D eigenvalue weighted by Gasteiger charge is -2.39. The van der Waals surface area contributed by atoms with Crippen molar-refractivity contribution in [3.63, 3.8) is 0 Å². The molecular formula is C10H22N2. The Kier molecular flexibility index (Phi) is 3.13. The van der Waals surface area contributed by atoms with Crippen LogP contribution in [0.3, 0.4) is 0 Å². The van der Waals surface area contributed by atoms with Gasteiger partial charge in [-0.2, -0.15) is 0 Å². The van der Waals surface area contributed by atoms with Crippen LogP contribution in [0.5, 0.6) is 0 Å². The van der Waals surface area contributed by atoms with Crippen LogP contribution in [0.4, 0.5) is 0 Å². The van der Waals surface area contributed by atoms with Crippen molar-refractivity contribution in [2.75, 3.05) is 13.6 Å². The van der Waals surface area contributed by atoms with Gasteiger partial charge in [0.05, 0.1) is 0 Å². The Hall–Kier alpha value is -0.0800. The molecular weight excluding hydrogens is 148 g/mol. The van der Waals surface area contributed by atoms with Crippen LogP contribution in [0.1, 0.15) is 39.5 Å². The molecule has 0 radical (unpaired) electrons. The van der Waals surface area contributed by atoms with Gasteiger partial charge >= 0.3 is 0 Å². The lowest BCUT2D eigenvalue weighted by atomic mass is 10.0. The minimum absolute atomic E-state index is 0.176. The quantitative estimate of drug-likeness (QED) is 0.697. The molecule has 1 fully saturated rings. The predicted octanol–water partition coefficient (Wildman–Crippen LogP) is 1.60. The molecule has 0 heterocycles. The summed E-state index contributed by atoms with van der Waals surface area (Å²) in [6.07, 6.45) is 5.52. The Morgan fingerprint density at radius 1 is 1.33 bits per heavy atom. The van der Waals surface area contributed by atoms with Crippen molar-refractivity contribution in [2.24, 2.45) is 5.73 Å². The topological polar surface area (TPSA) is 29.3 Å². The van der Waals surface area contributed by atoms with E-state index in [4.69, 9.17) is 5.73 Å². The van der Waals surface area contributed by atoms with Crippen LogP contribution in [0.25, 0.3) is 0 Å². The summed E-state index contributed by atoms with van der Waals surface area (Å²) >= 11 is 0. The van der Waals surface area contributed by atoms with E-state index in [1.807, 2.05) is 0 Å². The summed E-state index contributed by atoms with van der Waals surface area (Å²) in [4.78, 5) is 2.46. The zero-order chi connectivity index (χ0) is 9.19. The Labute approximate surface area is 76.1 Å². The molecule has 0 atom stereocenters. The first-order chi connectivity index (χ1) is 5.58. The fourth-order valence-electron chi connectivity index (χ4n) is 1.93. The number of hydrogen-bond donors (Lipinski definition) is 1. The van der Waals surface area contributed by atoms with Gasteiger partial charge in [0.1, 0.15) is 0 Å². The second kappa shape index (κ2) is 3.75. The van der Waals surface area contributed by atoms with Crippen LogP contribution < -0.4 is 5.73 Å². The molecule has 72 valence electrons. The second-order valence-electron chi connectivity index (χ2n) is 4.57. The maximum absolute atomic E-state index is 5.73. The van der Waals surface area contributed by atoms with E-state index in [2.05, 4.69) is 25.8 Å². The van der Waals surface area contributed by atoms with Crippen LogP contribution in [0.2, 0.25) is 0 Å². The largest absolute Gasteiger partial charge is 0.329 e. The first kappa shape index (κ1) is 10.0. The summed E-state index contributed by atoms with van der Waals surface area (Å²) in [5, 5.41) is 0. The third-order valence-electron chi connectivity index (χ3n) is 3.33. The molecule has 0 aromatic heterocycles. The van der Waals surface area contributed by atoms with E-state index in [0.717, 1.165) is 12.6 Å². The maximum Gasteiger partial charge on any atom is 0.0275 e. The fourth-order valence-corrected chi connectivity index (χ4v) is 1.93. The van der Waals surface area contributed by atoms with Crippen LogP contribution in [-0.4, -0.2) is 30.1 Å². The molecule has 1 aliphatic rings. The van der Waals surface area contributed by atoms with Gasteiger partial charge in [0, 0.05) is 18.1 Å². The minimum Gasteiger partial charge on any atom is -0.329 e. The summed E-state index contributed by atoms with van der Waals surface area (Å²) in [7, 11) is 2.21. The van der Waals surface area contributed by atoms with Crippen molar-refractivity contribution in [1.82, 2.24) is 4.90 Å². The third-order valence-corrected chi connectivity index (χ3v) is 3.33. The lowest BCUT2D eigenvalue weighted by Crippen LogP contribution is -2.51. The van der Waals surface area contributed by atoms with E-state index in [1.165, 1.54) is 25.7 Å². The molecule has 0 amide bonds. The molecule has 2 N–H and O–H groups in total. The standard InChI is InChI=1S/C10H22N2/c1-10(2,8-11)12(3)9-6-4-5-7-9/h9H,4-8,11H2,1-3H3. The molecule has 0 saturated heterocycles. The molecule has 1 rings (SSSR count). The highest BCUT2D eigenvalue weighted by Gasteiger charge is 2.29. The smallest absolute Gasteiger partial charge is 0.0275 e. The van der Waals surface area contributed by atoms with Crippen molar-refractivity contribution < 1.29 is 0 Å². The van der Waals surface area contributed by atoms with E-state index in [0.29, 0.717) is 0 Å². The van der Waals surface area contributed by atoms with Crippen LogP contribution in [0, 0.1) is 0 Å². The van der Waals surface area contributed by atoms with Crippen molar-refractivity contribution in [1.29, 1.82) is 0 Å². The number of hydrogen-bond acceptors (Lipinski definition) is 2. The molecule has 12 heavy (non-hydrogen) atoms. The number of nitrogens with zero attached hydrogens (tertiary/aromatic N) is 1. The van der Waals surface area contributed by atoms with Crippen molar-refractivity contribution in [3.05, 3.63) is 0 Å². The van der Waals surface area contributed by atoms with Gasteiger partial charge in [-0.25, -0.2) is 0 Å². The van der Waals surface area contributed by atoms with Gasteiger partial charge in [0.15, 0.2) is 0 Å². The zero-order valence-corrected chi connectivity index (χ0v) is 8.64. The number of likely N-dealkylation sites (N-methyl/N-ethyl adjacent to an activating group) is 1. The van der Waals surface area contributed by atoms with Gasteiger partial charge in [-0.15, -0.1) is 0 Å². The summed E-state index contributed by atoms with van der Waals surface area (Å²) in [5.74, 6) is 0. The van der Waals surface area contributed by atoms with Crippen LogP contribution in [-0.2, 0) is 0 Å². The maximum atomic E-state index is 5.73. The molecule has 0 unspecified atom stereocenters. The minimum atomic E-state index is 0.176. The highest BCUT2D eigenvalue weighted by molar-refractivity contribution is 4.87. The van der Waals surface area contributed by atoms with Gasteiger partial charge in [-0.1, -0.05) is 12.8 Å². The fraction of sp³-hybridized carbons (Fsp3) is 1.00. The van der Waals surface area contributed by atoms with Gasteiger partial charge in [-0.3, -0.25) is 4.90 Å². The third kappa shape index (κ3) is 1.99. The van der Waals surface area contributed by atoms with Crippen LogP contribution >= 0.6 is 0 Å². The van der Waals surface area contributed by atoms with Crippen molar-refractivity contribution >= 4 is 0 Å². The highest BCUT2D eigenvalue weighted by Crippen LogP contribution is 2.26. The average molecular weight is 170 g/mol. The molecule has 0 aromatic carbocycles. The molecule has 1 saturated carbocycles. The molecule has 0 bridgehead atoms. The number of rotatable bonds is 3. The Morgan fingerprint density at radius 2 is 1.83 bits per heavy atom. The first-order valence-electron chi connectivity index (χ1n) is 5.01. The molecule has 2 nitrogen and oxygen atoms in total. The predicted molar refractivity (Wildman–Crippen MR) is 53.2 cm³/mol. The highest BCUT2D eigenvalue weighted by atomic mass is 15.2. The first-order valence-corrected chi connectivity index (χ1v) is 5.01. The Balaban J connectivity index is 2.50. The van der Waals surface area contributed by atoms with E-state index < -0.39 is 0 Å². The summed E-state index contributed by atoms with van der Waals surface area (Å²) in [5.41, 5.74) is 5.91. The van der Waals surface area contributed by atoms with Gasteiger partial charge in [-0.05, 0) is 33.7 Å². The Bertz CT molecular complexity index is 137. The Morgan fingerprint density at radius 3 is 2.25 bits per heavy atom. The van der Waals surface area contributed by atoms with Crippen molar-refractivity contribution in [3.8, 4) is 0 Å². The van der Waals surface area contributed by atoms with E-state index in [-0.39, 0.29) is 5.54 Å². The lowest BCUT2D eigenvalue weighted by molar-refractivity contribution is 0.110. The molecule has 0 aliphatic heterocycles. The van der Waals surface area contributed by atoms with Crippen LogP contribution in [0.15, 0.2) is 0 Å². The average Bonchev–Trinajstić information content (AvgIpc) is 2.55. The summed E-state index contributed by atoms with van der Waals surface area (Å²) in [6.45, 7) is 5.20. The molecule has 1 aliphatic carbocycles. The second-order valence-corrected chi connectivity index (χ2v) is 4.57. The monoisotopic (exact) mass is 170 g/mol. The zero-order valence-electron chi connectivity index (χ0n) is 8.64. The summed E-state index contributed by atoms with van der Waals surface area (Å²) in [6, 6.07) is 0.781. The van der Waals surface area contributed by atoms with E-state index in [9.17, 15) is 0 Å². The summed E-state index contributed by atoms with van der Waals surface area (Å²) < 4.78 is 0. The molecule has 2 heteroatoms. The van der Waals surface area contributed by atoms with Gasteiger partial charge in [0.25, 0.3) is 0 Å². The van der Waals surface area contributed by atoms with E-state index >= 15 is 0 Å². The SMILES string of the molecule is CN(C1CCCC1)C(C)(C)CN. The normalized spacial score (nSPS) is 20.8. The molecule has 0 aromatic rings.